The summed E-state index contributed by atoms with van der Waals surface area (Å²) in [6.07, 6.45) is 0.567. The van der Waals surface area contributed by atoms with Crippen LogP contribution in [0.15, 0.2) is 34.8 Å². The maximum Gasteiger partial charge on any atom is 0.173 e. The molecule has 1 unspecified atom stereocenters. The van der Waals surface area contributed by atoms with E-state index < -0.39 is 11.6 Å². The molecule has 0 fully saturated rings. The molecule has 0 aliphatic carbocycles. The predicted molar refractivity (Wildman–Crippen MR) is 86.0 cm³/mol. The van der Waals surface area contributed by atoms with Gasteiger partial charge in [0.15, 0.2) is 11.6 Å². The van der Waals surface area contributed by atoms with Crippen molar-refractivity contribution < 1.29 is 8.78 Å². The molecule has 6 heteroatoms. The normalized spacial score (nSPS) is 12.5. The number of hydrogen-bond donors (Lipinski definition) is 1. The summed E-state index contributed by atoms with van der Waals surface area (Å²) in [5.41, 5.74) is 1.59. The third kappa shape index (κ3) is 3.75. The molecule has 0 heterocycles. The Balaban J connectivity index is 2.32. The third-order valence-corrected chi connectivity index (χ3v) is 4.76. The van der Waals surface area contributed by atoms with Gasteiger partial charge in [0.25, 0.3) is 0 Å². The van der Waals surface area contributed by atoms with Gasteiger partial charge in [0.2, 0.25) is 0 Å². The van der Waals surface area contributed by atoms with E-state index in [1.54, 1.807) is 25.2 Å². The van der Waals surface area contributed by atoms with Crippen LogP contribution in [0, 0.1) is 11.6 Å². The first-order chi connectivity index (χ1) is 9.93. The summed E-state index contributed by atoms with van der Waals surface area (Å²) in [5.74, 6) is -1.77. The largest absolute Gasteiger partial charge is 0.313 e. The Bertz CT molecular complexity index is 664. The number of hydrogen-bond acceptors (Lipinski definition) is 1. The Morgan fingerprint density at radius 2 is 1.86 bits per heavy atom. The van der Waals surface area contributed by atoms with Crippen molar-refractivity contribution in [2.75, 3.05) is 7.05 Å². The van der Waals surface area contributed by atoms with Gasteiger partial charge in [0.1, 0.15) is 0 Å². The van der Waals surface area contributed by atoms with Crippen molar-refractivity contribution in [2.24, 2.45) is 0 Å². The van der Waals surface area contributed by atoms with Crippen molar-refractivity contribution >= 4 is 39.1 Å². The van der Waals surface area contributed by atoms with Gasteiger partial charge in [-0.3, -0.25) is 0 Å². The first-order valence-electron chi connectivity index (χ1n) is 6.18. The minimum Gasteiger partial charge on any atom is -0.313 e. The van der Waals surface area contributed by atoms with Gasteiger partial charge in [-0.1, -0.05) is 35.3 Å². The van der Waals surface area contributed by atoms with Crippen LogP contribution in [0.1, 0.15) is 17.2 Å². The van der Waals surface area contributed by atoms with Crippen molar-refractivity contribution in [2.45, 2.75) is 12.5 Å². The van der Waals surface area contributed by atoms with E-state index in [1.807, 2.05) is 6.07 Å². The molecular formula is C15H12BrCl2F2N. The first-order valence-corrected chi connectivity index (χ1v) is 7.73. The third-order valence-electron chi connectivity index (χ3n) is 3.21. The van der Waals surface area contributed by atoms with E-state index >= 15 is 0 Å². The van der Waals surface area contributed by atoms with Gasteiger partial charge in [-0.25, -0.2) is 8.78 Å². The van der Waals surface area contributed by atoms with Gasteiger partial charge in [-0.05, 0) is 58.7 Å². The van der Waals surface area contributed by atoms with Gasteiger partial charge in [0.05, 0.1) is 14.5 Å². The van der Waals surface area contributed by atoms with E-state index in [0.29, 0.717) is 22.0 Å². The molecule has 0 aromatic heterocycles. The SMILES string of the molecule is CNC(Cc1ccc(Cl)c(Cl)c1)c1ccc(F)c(F)c1Br. The van der Waals surface area contributed by atoms with Crippen molar-refractivity contribution in [1.82, 2.24) is 5.32 Å². The molecule has 0 radical (unpaired) electrons. The van der Waals surface area contributed by atoms with E-state index in [-0.39, 0.29) is 10.5 Å². The summed E-state index contributed by atoms with van der Waals surface area (Å²) in [6.45, 7) is 0. The number of benzene rings is 2. The maximum atomic E-state index is 13.7. The molecule has 0 aliphatic rings. The van der Waals surface area contributed by atoms with Gasteiger partial charge >= 0.3 is 0 Å². The molecule has 2 aromatic rings. The van der Waals surface area contributed by atoms with E-state index in [9.17, 15) is 8.78 Å². The Labute approximate surface area is 140 Å². The lowest BCUT2D eigenvalue weighted by atomic mass is 9.99. The molecule has 21 heavy (non-hydrogen) atoms. The molecule has 1 N–H and O–H groups in total. The molecule has 0 aliphatic heterocycles. The van der Waals surface area contributed by atoms with E-state index in [2.05, 4.69) is 21.2 Å². The number of halogens is 5. The van der Waals surface area contributed by atoms with Crippen molar-refractivity contribution in [3.05, 3.63) is 67.6 Å². The minimum absolute atomic E-state index is 0.127. The molecule has 0 bridgehead atoms. The molecular weight excluding hydrogens is 383 g/mol. The fourth-order valence-corrected chi connectivity index (χ4v) is 3.00. The molecule has 1 atom stereocenters. The average molecular weight is 395 g/mol. The summed E-state index contributed by atoms with van der Waals surface area (Å²) in [5, 5.41) is 4.04. The second-order valence-electron chi connectivity index (χ2n) is 4.56. The van der Waals surface area contributed by atoms with Crippen LogP contribution < -0.4 is 5.32 Å². The van der Waals surface area contributed by atoms with Crippen LogP contribution in [0.5, 0.6) is 0 Å². The average Bonchev–Trinajstić information content (AvgIpc) is 2.47. The molecule has 112 valence electrons. The summed E-state index contributed by atoms with van der Waals surface area (Å²) in [4.78, 5) is 0. The van der Waals surface area contributed by atoms with Crippen molar-refractivity contribution in [1.29, 1.82) is 0 Å². The molecule has 0 spiro atoms. The van der Waals surface area contributed by atoms with Crippen molar-refractivity contribution in [3.8, 4) is 0 Å². The quantitative estimate of drug-likeness (QED) is 0.671. The fourth-order valence-electron chi connectivity index (χ4n) is 2.08. The maximum absolute atomic E-state index is 13.7. The van der Waals surface area contributed by atoms with Gasteiger partial charge in [-0.2, -0.15) is 0 Å². The van der Waals surface area contributed by atoms with Gasteiger partial charge in [-0.15, -0.1) is 0 Å². The molecule has 2 aromatic carbocycles. The van der Waals surface area contributed by atoms with E-state index in [0.717, 1.165) is 11.6 Å². The zero-order chi connectivity index (χ0) is 15.6. The fraction of sp³-hybridized carbons (Fsp3) is 0.200. The summed E-state index contributed by atoms with van der Waals surface area (Å²) in [7, 11) is 1.76. The Morgan fingerprint density at radius 3 is 2.48 bits per heavy atom. The van der Waals surface area contributed by atoms with Crippen LogP contribution in [-0.4, -0.2) is 7.05 Å². The standard InChI is InChI=1S/C15H12BrCl2F2N/c1-21-13(7-8-2-4-10(17)11(18)6-8)9-3-5-12(19)15(20)14(9)16/h2-6,13,21H,7H2,1H3. The monoisotopic (exact) mass is 393 g/mol. The predicted octanol–water partition coefficient (Wildman–Crippen LogP) is 5.54. The van der Waals surface area contributed by atoms with Crippen LogP contribution >= 0.6 is 39.1 Å². The van der Waals surface area contributed by atoms with Crippen molar-refractivity contribution in [3.63, 3.8) is 0 Å². The molecule has 0 saturated heterocycles. The lowest BCUT2D eigenvalue weighted by molar-refractivity contribution is 0.495. The Kier molecular flexibility index (Phi) is 5.60. The highest BCUT2D eigenvalue weighted by molar-refractivity contribution is 9.10. The summed E-state index contributed by atoms with van der Waals surface area (Å²) < 4.78 is 27.0. The number of rotatable bonds is 4. The second kappa shape index (κ2) is 7.05. The highest BCUT2D eigenvalue weighted by atomic mass is 79.9. The lowest BCUT2D eigenvalue weighted by Gasteiger charge is -2.19. The number of nitrogens with one attached hydrogen (secondary N) is 1. The zero-order valence-corrected chi connectivity index (χ0v) is 14.2. The Hall–Kier alpha value is -0.680. The van der Waals surface area contributed by atoms with Crippen LogP contribution in [0.25, 0.3) is 0 Å². The van der Waals surface area contributed by atoms with Crippen LogP contribution in [-0.2, 0) is 6.42 Å². The highest BCUT2D eigenvalue weighted by Crippen LogP contribution is 2.31. The molecule has 1 nitrogen and oxygen atoms in total. The van der Waals surface area contributed by atoms with E-state index in [1.165, 1.54) is 0 Å². The van der Waals surface area contributed by atoms with E-state index in [4.69, 9.17) is 23.2 Å². The smallest absolute Gasteiger partial charge is 0.173 e. The van der Waals surface area contributed by atoms with Gasteiger partial charge < -0.3 is 5.32 Å². The molecule has 2 rings (SSSR count). The first kappa shape index (κ1) is 16.7. The zero-order valence-electron chi connectivity index (χ0n) is 11.1. The molecule has 0 amide bonds. The lowest BCUT2D eigenvalue weighted by Crippen LogP contribution is -2.20. The highest BCUT2D eigenvalue weighted by Gasteiger charge is 2.18. The molecule has 0 saturated carbocycles. The van der Waals surface area contributed by atoms with Crippen LogP contribution in [0.3, 0.4) is 0 Å². The minimum atomic E-state index is -0.887. The van der Waals surface area contributed by atoms with Crippen LogP contribution in [0.4, 0.5) is 8.78 Å². The topological polar surface area (TPSA) is 12.0 Å². The van der Waals surface area contributed by atoms with Gasteiger partial charge in [0, 0.05) is 6.04 Å². The Morgan fingerprint density at radius 1 is 1.14 bits per heavy atom. The summed E-state index contributed by atoms with van der Waals surface area (Å²) in [6, 6.07) is 7.82. The summed E-state index contributed by atoms with van der Waals surface area (Å²) >= 11 is 15.0. The number of likely N-dealkylation sites (N-methyl/N-ethyl adjacent to an activating group) is 1. The second-order valence-corrected chi connectivity index (χ2v) is 6.17. The van der Waals surface area contributed by atoms with Crippen LogP contribution in [0.2, 0.25) is 10.0 Å².